The van der Waals surface area contributed by atoms with Gasteiger partial charge in [0.25, 0.3) is 0 Å². The monoisotopic (exact) mass is 433 g/mol. The topological polar surface area (TPSA) is 79.0 Å². The maximum Gasteiger partial charge on any atom is 0.242 e. The molecule has 1 unspecified atom stereocenters. The Morgan fingerprint density at radius 1 is 1.07 bits per heavy atom. The standard InChI is InChI=1S/C20H31N3O3.2ClH/c21-20(9-5-2-6-10-20)19(25)23-13-11-22(12-14-23)15-17(24)16-26-18-7-3-1-4-8-18;;/h1,3-4,7-8,17,24H,2,5-6,9-16,21H2;2*1H. The molecule has 2 aliphatic rings. The van der Waals surface area contributed by atoms with Gasteiger partial charge in [-0.05, 0) is 25.0 Å². The molecule has 0 radical (unpaired) electrons. The van der Waals surface area contributed by atoms with Crippen molar-refractivity contribution in [1.82, 2.24) is 9.80 Å². The van der Waals surface area contributed by atoms with E-state index < -0.39 is 11.6 Å². The normalized spacial score (nSPS) is 20.4. The van der Waals surface area contributed by atoms with Crippen molar-refractivity contribution < 1.29 is 14.6 Å². The third-order valence-corrected chi connectivity index (χ3v) is 5.49. The first-order chi connectivity index (χ1) is 12.6. The number of carbonyl (C=O) groups is 1. The molecule has 2 fully saturated rings. The van der Waals surface area contributed by atoms with Gasteiger partial charge in [-0.1, -0.05) is 37.5 Å². The van der Waals surface area contributed by atoms with Gasteiger partial charge >= 0.3 is 0 Å². The highest BCUT2D eigenvalue weighted by molar-refractivity contribution is 5.86. The number of hydrogen-bond acceptors (Lipinski definition) is 5. The van der Waals surface area contributed by atoms with Gasteiger partial charge in [0.05, 0.1) is 5.54 Å². The SMILES string of the molecule is Cl.Cl.NC1(C(=O)N2CCN(CC(O)COc3ccccc3)CC2)CCCCC1. The van der Waals surface area contributed by atoms with Crippen molar-refractivity contribution in [2.75, 3.05) is 39.3 Å². The molecule has 1 amide bonds. The molecule has 1 aromatic carbocycles. The molecule has 1 heterocycles. The number of aliphatic hydroxyl groups excluding tert-OH is 1. The third kappa shape index (κ3) is 6.78. The van der Waals surface area contributed by atoms with Crippen LogP contribution < -0.4 is 10.5 Å². The predicted molar refractivity (Wildman–Crippen MR) is 115 cm³/mol. The average molecular weight is 434 g/mol. The highest BCUT2D eigenvalue weighted by Crippen LogP contribution is 2.28. The number of amides is 1. The lowest BCUT2D eigenvalue weighted by Crippen LogP contribution is -2.60. The lowest BCUT2D eigenvalue weighted by molar-refractivity contribution is -0.140. The second-order valence-electron chi connectivity index (χ2n) is 7.59. The Morgan fingerprint density at radius 3 is 2.29 bits per heavy atom. The first-order valence-corrected chi connectivity index (χ1v) is 9.73. The van der Waals surface area contributed by atoms with Crippen molar-refractivity contribution >= 4 is 30.7 Å². The molecule has 3 rings (SSSR count). The summed E-state index contributed by atoms with van der Waals surface area (Å²) in [5.41, 5.74) is 5.73. The highest BCUT2D eigenvalue weighted by Gasteiger charge is 2.39. The van der Waals surface area contributed by atoms with Crippen molar-refractivity contribution in [2.45, 2.75) is 43.7 Å². The fourth-order valence-corrected chi connectivity index (χ4v) is 3.90. The molecule has 1 aliphatic heterocycles. The van der Waals surface area contributed by atoms with Gasteiger partial charge in [0.15, 0.2) is 0 Å². The van der Waals surface area contributed by atoms with Gasteiger partial charge in [-0.15, -0.1) is 24.8 Å². The van der Waals surface area contributed by atoms with Crippen LogP contribution in [-0.4, -0.2) is 71.8 Å². The molecular weight excluding hydrogens is 401 g/mol. The molecule has 1 saturated carbocycles. The van der Waals surface area contributed by atoms with Crippen molar-refractivity contribution in [1.29, 1.82) is 0 Å². The number of rotatable bonds is 6. The van der Waals surface area contributed by atoms with E-state index in [1.165, 1.54) is 6.42 Å². The van der Waals surface area contributed by atoms with Crippen LogP contribution in [-0.2, 0) is 4.79 Å². The molecule has 1 saturated heterocycles. The number of aliphatic hydroxyl groups is 1. The summed E-state index contributed by atoms with van der Waals surface area (Å²) in [5, 5.41) is 10.2. The highest BCUT2D eigenvalue weighted by atomic mass is 35.5. The summed E-state index contributed by atoms with van der Waals surface area (Å²) in [4.78, 5) is 16.9. The molecule has 160 valence electrons. The van der Waals surface area contributed by atoms with E-state index >= 15 is 0 Å². The second-order valence-corrected chi connectivity index (χ2v) is 7.59. The van der Waals surface area contributed by atoms with Gasteiger partial charge in [-0.25, -0.2) is 0 Å². The lowest BCUT2D eigenvalue weighted by Gasteiger charge is -2.41. The van der Waals surface area contributed by atoms with Crippen LogP contribution in [0, 0.1) is 0 Å². The van der Waals surface area contributed by atoms with E-state index in [4.69, 9.17) is 10.5 Å². The Bertz CT molecular complexity index is 577. The first kappa shape index (κ1) is 25.0. The zero-order valence-corrected chi connectivity index (χ0v) is 17.9. The summed E-state index contributed by atoms with van der Waals surface area (Å²) in [7, 11) is 0. The number of β-amino-alcohol motifs (C(OH)–C–C–N with tert-alkyl or cyclic N) is 1. The summed E-state index contributed by atoms with van der Waals surface area (Å²) in [6.45, 7) is 3.74. The van der Waals surface area contributed by atoms with Crippen LogP contribution in [0.4, 0.5) is 0 Å². The van der Waals surface area contributed by atoms with Gasteiger partial charge in [-0.3, -0.25) is 9.69 Å². The molecule has 0 aromatic heterocycles. The zero-order valence-electron chi connectivity index (χ0n) is 16.3. The van der Waals surface area contributed by atoms with Crippen LogP contribution in [0.5, 0.6) is 5.75 Å². The van der Waals surface area contributed by atoms with Gasteiger partial charge < -0.3 is 20.5 Å². The maximum absolute atomic E-state index is 12.8. The summed E-state index contributed by atoms with van der Waals surface area (Å²) in [5.74, 6) is 0.882. The predicted octanol–water partition coefficient (Wildman–Crippen LogP) is 2.08. The van der Waals surface area contributed by atoms with Gasteiger partial charge in [-0.2, -0.15) is 0 Å². The average Bonchev–Trinajstić information content (AvgIpc) is 2.68. The Hall–Kier alpha value is -1.05. The molecule has 28 heavy (non-hydrogen) atoms. The zero-order chi connectivity index (χ0) is 18.4. The van der Waals surface area contributed by atoms with E-state index in [0.717, 1.165) is 44.5 Å². The van der Waals surface area contributed by atoms with Crippen LogP contribution in [0.15, 0.2) is 30.3 Å². The molecule has 0 bridgehead atoms. The van der Waals surface area contributed by atoms with Crippen molar-refractivity contribution in [3.05, 3.63) is 30.3 Å². The quantitative estimate of drug-likeness (QED) is 0.717. The second kappa shape index (κ2) is 11.8. The fraction of sp³-hybridized carbons (Fsp3) is 0.650. The minimum atomic E-state index is -0.649. The Kier molecular flexibility index (Phi) is 10.6. The van der Waals surface area contributed by atoms with Crippen LogP contribution in [0.3, 0.4) is 0 Å². The lowest BCUT2D eigenvalue weighted by atomic mass is 9.81. The Morgan fingerprint density at radius 2 is 1.68 bits per heavy atom. The number of piperazine rings is 1. The molecular formula is C20H33Cl2N3O3. The number of carbonyl (C=O) groups excluding carboxylic acids is 1. The van der Waals surface area contributed by atoms with Crippen molar-refractivity contribution in [2.24, 2.45) is 5.73 Å². The van der Waals surface area contributed by atoms with E-state index in [-0.39, 0.29) is 37.3 Å². The number of benzene rings is 1. The minimum absolute atomic E-state index is 0. The van der Waals surface area contributed by atoms with Gasteiger partial charge in [0.2, 0.25) is 5.91 Å². The van der Waals surface area contributed by atoms with E-state index in [9.17, 15) is 9.90 Å². The minimum Gasteiger partial charge on any atom is -0.491 e. The summed E-state index contributed by atoms with van der Waals surface area (Å²) in [6, 6.07) is 9.52. The van der Waals surface area contributed by atoms with Crippen LogP contribution >= 0.6 is 24.8 Å². The fourth-order valence-electron chi connectivity index (χ4n) is 3.90. The number of nitrogens with zero attached hydrogens (tertiary/aromatic N) is 2. The van der Waals surface area contributed by atoms with Crippen LogP contribution in [0.1, 0.15) is 32.1 Å². The number of nitrogens with two attached hydrogens (primary N) is 1. The third-order valence-electron chi connectivity index (χ3n) is 5.49. The Balaban J connectivity index is 0.00000196. The van der Waals surface area contributed by atoms with Crippen molar-refractivity contribution in [3.63, 3.8) is 0 Å². The van der Waals surface area contributed by atoms with E-state index in [1.54, 1.807) is 0 Å². The molecule has 1 aromatic rings. The maximum atomic E-state index is 12.8. The van der Waals surface area contributed by atoms with Gasteiger partial charge in [0.1, 0.15) is 18.5 Å². The van der Waals surface area contributed by atoms with E-state index in [0.29, 0.717) is 19.6 Å². The number of ether oxygens (including phenoxy) is 1. The largest absolute Gasteiger partial charge is 0.491 e. The smallest absolute Gasteiger partial charge is 0.242 e. The molecule has 0 spiro atoms. The summed E-state index contributed by atoms with van der Waals surface area (Å²) < 4.78 is 5.60. The van der Waals surface area contributed by atoms with Gasteiger partial charge in [0, 0.05) is 32.7 Å². The number of hydrogen-bond donors (Lipinski definition) is 2. The van der Waals surface area contributed by atoms with E-state index in [2.05, 4.69) is 4.90 Å². The summed E-state index contributed by atoms with van der Waals surface area (Å²) in [6.07, 6.45) is 4.36. The Labute approximate surface area is 180 Å². The number of halogens is 2. The van der Waals surface area contributed by atoms with Crippen LogP contribution in [0.2, 0.25) is 0 Å². The summed E-state index contributed by atoms with van der Waals surface area (Å²) >= 11 is 0. The molecule has 1 atom stereocenters. The molecule has 3 N–H and O–H groups in total. The number of para-hydroxylation sites is 1. The molecule has 8 heteroatoms. The van der Waals surface area contributed by atoms with Crippen molar-refractivity contribution in [3.8, 4) is 5.75 Å². The van der Waals surface area contributed by atoms with Crippen LogP contribution in [0.25, 0.3) is 0 Å². The first-order valence-electron chi connectivity index (χ1n) is 9.73. The van der Waals surface area contributed by atoms with E-state index in [1.807, 2.05) is 35.2 Å². The molecule has 6 nitrogen and oxygen atoms in total. The molecule has 1 aliphatic carbocycles.